The number of fused-ring (bicyclic) bond motifs is 3. The maximum atomic E-state index is 5.17. The van der Waals surface area contributed by atoms with Crippen LogP contribution in [0.3, 0.4) is 0 Å². The average molecular weight is 644 g/mol. The Morgan fingerprint density at radius 2 is 0.816 bits per heavy atom. The van der Waals surface area contributed by atoms with E-state index in [1.165, 1.54) is 31.3 Å². The van der Waals surface area contributed by atoms with Crippen LogP contribution in [0, 0.1) is 0 Å². The smallest absolute Gasteiger partial charge is 0.164 e. The maximum Gasteiger partial charge on any atom is 0.164 e. The molecule has 0 aliphatic rings. The fraction of sp³-hybridized carbons (Fsp3) is 0. The minimum Gasteiger partial charge on any atom is -0.208 e. The number of hydrogen-bond donors (Lipinski definition) is 0. The van der Waals surface area contributed by atoms with Gasteiger partial charge in [0.05, 0.1) is 0 Å². The highest BCUT2D eigenvalue weighted by molar-refractivity contribution is 7.25. The van der Waals surface area contributed by atoms with Crippen molar-refractivity contribution >= 4 is 31.5 Å². The predicted octanol–water partition coefficient (Wildman–Crippen LogP) is 12.2. The number of hydrogen-bond acceptors (Lipinski definition) is 4. The molecule has 0 atom stereocenters. The van der Waals surface area contributed by atoms with Crippen molar-refractivity contribution in [3.63, 3.8) is 0 Å². The lowest BCUT2D eigenvalue weighted by Crippen LogP contribution is -2.01. The first kappa shape index (κ1) is 29.0. The van der Waals surface area contributed by atoms with Crippen LogP contribution in [0.15, 0.2) is 176 Å². The van der Waals surface area contributed by atoms with E-state index in [-0.39, 0.29) is 0 Å². The van der Waals surface area contributed by atoms with Crippen LogP contribution in [0.25, 0.3) is 87.7 Å². The summed E-state index contributed by atoms with van der Waals surface area (Å²) in [4.78, 5) is 15.4. The molecule has 2 aromatic heterocycles. The van der Waals surface area contributed by atoms with Gasteiger partial charge < -0.3 is 0 Å². The molecule has 2 heterocycles. The zero-order chi connectivity index (χ0) is 32.6. The highest BCUT2D eigenvalue weighted by atomic mass is 32.1. The van der Waals surface area contributed by atoms with E-state index in [4.69, 9.17) is 15.0 Å². The molecule has 0 aliphatic carbocycles. The first-order valence-corrected chi connectivity index (χ1v) is 17.2. The number of nitrogens with zero attached hydrogens (tertiary/aromatic N) is 3. The van der Waals surface area contributed by atoms with Crippen molar-refractivity contribution in [1.82, 2.24) is 15.0 Å². The summed E-state index contributed by atoms with van der Waals surface area (Å²) >= 11 is 1.84. The zero-order valence-corrected chi connectivity index (χ0v) is 27.3. The Morgan fingerprint density at radius 3 is 1.61 bits per heavy atom. The van der Waals surface area contributed by atoms with E-state index in [0.29, 0.717) is 17.5 Å². The van der Waals surface area contributed by atoms with Crippen LogP contribution < -0.4 is 0 Å². The van der Waals surface area contributed by atoms with Gasteiger partial charge in [-0.15, -0.1) is 11.3 Å². The average Bonchev–Trinajstić information content (AvgIpc) is 3.58. The molecule has 0 saturated carbocycles. The van der Waals surface area contributed by atoms with E-state index in [1.807, 2.05) is 29.5 Å². The Labute approximate surface area is 288 Å². The van der Waals surface area contributed by atoms with Crippen LogP contribution >= 0.6 is 11.3 Å². The summed E-state index contributed by atoms with van der Waals surface area (Å²) in [5.74, 6) is 1.92. The van der Waals surface area contributed by atoms with Gasteiger partial charge in [-0.2, -0.15) is 0 Å². The fourth-order valence-electron chi connectivity index (χ4n) is 6.59. The quantitative estimate of drug-likeness (QED) is 0.181. The normalized spacial score (nSPS) is 11.3. The molecule has 4 heteroatoms. The molecule has 0 fully saturated rings. The van der Waals surface area contributed by atoms with Crippen LogP contribution in [-0.2, 0) is 0 Å². The largest absolute Gasteiger partial charge is 0.208 e. The first-order valence-electron chi connectivity index (χ1n) is 16.4. The highest BCUT2D eigenvalue weighted by Gasteiger charge is 2.17. The third kappa shape index (κ3) is 5.48. The second-order valence-electron chi connectivity index (χ2n) is 12.0. The van der Waals surface area contributed by atoms with Crippen molar-refractivity contribution in [3.05, 3.63) is 176 Å². The van der Waals surface area contributed by atoms with E-state index in [9.17, 15) is 0 Å². The number of benzene rings is 7. The monoisotopic (exact) mass is 643 g/mol. The van der Waals surface area contributed by atoms with Crippen molar-refractivity contribution < 1.29 is 0 Å². The van der Waals surface area contributed by atoms with E-state index >= 15 is 0 Å². The summed E-state index contributed by atoms with van der Waals surface area (Å²) in [5, 5.41) is 2.57. The van der Waals surface area contributed by atoms with Gasteiger partial charge in [0.15, 0.2) is 17.5 Å². The first-order chi connectivity index (χ1) is 24.3. The van der Waals surface area contributed by atoms with Gasteiger partial charge in [-0.05, 0) is 51.6 Å². The second kappa shape index (κ2) is 12.4. The Bertz CT molecular complexity index is 2590. The van der Waals surface area contributed by atoms with Gasteiger partial charge in [0, 0.05) is 36.9 Å². The molecule has 0 spiro atoms. The van der Waals surface area contributed by atoms with Crippen LogP contribution in [0.4, 0.5) is 0 Å². The number of aromatic nitrogens is 3. The molecule has 0 aliphatic heterocycles. The molecule has 3 nitrogen and oxygen atoms in total. The molecule has 0 amide bonds. The van der Waals surface area contributed by atoms with E-state index < -0.39 is 0 Å². The Kier molecular flexibility index (Phi) is 7.34. The van der Waals surface area contributed by atoms with Crippen molar-refractivity contribution in [2.24, 2.45) is 0 Å². The van der Waals surface area contributed by atoms with Crippen LogP contribution in [-0.4, -0.2) is 15.0 Å². The van der Waals surface area contributed by atoms with Gasteiger partial charge in [0.2, 0.25) is 0 Å². The highest BCUT2D eigenvalue weighted by Crippen LogP contribution is 2.41. The summed E-state index contributed by atoms with van der Waals surface area (Å²) in [6, 6.07) is 61.5. The van der Waals surface area contributed by atoms with E-state index in [0.717, 1.165) is 38.9 Å². The molecule has 0 unspecified atom stereocenters. The predicted molar refractivity (Wildman–Crippen MR) is 205 cm³/mol. The van der Waals surface area contributed by atoms with E-state index in [1.54, 1.807) is 0 Å². The van der Waals surface area contributed by atoms with Gasteiger partial charge >= 0.3 is 0 Å². The molecule has 49 heavy (non-hydrogen) atoms. The molecule has 7 aromatic carbocycles. The number of rotatable bonds is 6. The van der Waals surface area contributed by atoms with Gasteiger partial charge in [0.1, 0.15) is 0 Å². The summed E-state index contributed by atoms with van der Waals surface area (Å²) in [6.45, 7) is 0. The van der Waals surface area contributed by atoms with Gasteiger partial charge in [-0.1, -0.05) is 158 Å². The molecule has 0 radical (unpaired) electrons. The lowest BCUT2D eigenvalue weighted by atomic mass is 9.97. The van der Waals surface area contributed by atoms with Crippen molar-refractivity contribution in [3.8, 4) is 67.5 Å². The maximum absolute atomic E-state index is 5.17. The molecule has 230 valence electrons. The van der Waals surface area contributed by atoms with Crippen molar-refractivity contribution in [1.29, 1.82) is 0 Å². The molecular weight excluding hydrogens is 615 g/mol. The lowest BCUT2D eigenvalue weighted by molar-refractivity contribution is 1.07. The Morgan fingerprint density at radius 1 is 0.306 bits per heavy atom. The summed E-state index contributed by atoms with van der Waals surface area (Å²) in [7, 11) is 0. The third-order valence-corrected chi connectivity index (χ3v) is 10.1. The lowest BCUT2D eigenvalue weighted by Gasteiger charge is -2.13. The van der Waals surface area contributed by atoms with Gasteiger partial charge in [-0.3, -0.25) is 0 Å². The molecule has 9 rings (SSSR count). The Hall–Kier alpha value is -6.23. The van der Waals surface area contributed by atoms with Crippen LogP contribution in [0.2, 0.25) is 0 Å². The minimum absolute atomic E-state index is 0.638. The van der Waals surface area contributed by atoms with E-state index in [2.05, 4.69) is 158 Å². The SMILES string of the molecule is c1ccc(-c2ccc(-c3nc(-c4cccc(-c5cccc6sc7ccccc7c56)c4)nc(-c4ccccc4-c4ccccc4)n3)cc2)cc1. The summed E-state index contributed by atoms with van der Waals surface area (Å²) < 4.78 is 2.58. The Balaban J connectivity index is 1.21. The summed E-state index contributed by atoms with van der Waals surface area (Å²) in [6.07, 6.45) is 0. The second-order valence-corrected chi connectivity index (χ2v) is 13.1. The van der Waals surface area contributed by atoms with Crippen molar-refractivity contribution in [2.75, 3.05) is 0 Å². The zero-order valence-electron chi connectivity index (χ0n) is 26.5. The van der Waals surface area contributed by atoms with Crippen LogP contribution in [0.5, 0.6) is 0 Å². The fourth-order valence-corrected chi connectivity index (χ4v) is 7.72. The molecule has 0 saturated heterocycles. The number of thiophene rings is 1. The molecule has 0 N–H and O–H groups in total. The van der Waals surface area contributed by atoms with Crippen LogP contribution in [0.1, 0.15) is 0 Å². The molecule has 0 bridgehead atoms. The molecule has 9 aromatic rings. The molecular formula is C45H29N3S. The van der Waals surface area contributed by atoms with Crippen molar-refractivity contribution in [2.45, 2.75) is 0 Å². The third-order valence-electron chi connectivity index (χ3n) is 8.97. The topological polar surface area (TPSA) is 38.7 Å². The van der Waals surface area contributed by atoms with Gasteiger partial charge in [0.25, 0.3) is 0 Å². The summed E-state index contributed by atoms with van der Waals surface area (Å²) in [5.41, 5.74) is 9.70. The minimum atomic E-state index is 0.638. The van der Waals surface area contributed by atoms with Gasteiger partial charge in [-0.25, -0.2) is 15.0 Å². The standard InChI is InChI=1S/C45H29N3S/c1-3-13-30(14-4-1)31-25-27-33(28-26-31)43-46-44(48-45(47-43)38-20-8-7-19-36(38)32-15-5-2-6-16-32)35-18-11-17-34(29-35)37-22-12-24-41-42(37)39-21-9-10-23-40(39)49-41/h1-29H.